The lowest BCUT2D eigenvalue weighted by molar-refractivity contribution is -0.138. The van der Waals surface area contributed by atoms with Crippen LogP contribution in [0, 0.1) is 28.6 Å². The highest BCUT2D eigenvalue weighted by molar-refractivity contribution is 5.85. The highest BCUT2D eigenvalue weighted by atomic mass is 16.6. The molecule has 4 heteroatoms. The summed E-state index contributed by atoms with van der Waals surface area (Å²) in [6.45, 7) is 5.45. The first-order valence-corrected chi connectivity index (χ1v) is 9.05. The van der Waals surface area contributed by atoms with Crippen LogP contribution in [-0.2, 0) is 9.53 Å². The van der Waals surface area contributed by atoms with Gasteiger partial charge in [0.25, 0.3) is 0 Å². The Bertz CT molecular complexity index is 550. The molecule has 122 valence electrons. The minimum Gasteiger partial charge on any atom is -0.393 e. The molecule has 2 N–H and O–H groups in total. The maximum Gasteiger partial charge on any atom is 0.226 e. The molecule has 1 amide bonds. The third kappa shape index (κ3) is 1.36. The fourth-order valence-electron chi connectivity index (χ4n) is 7.04. The van der Waals surface area contributed by atoms with Crippen LogP contribution in [0.2, 0.25) is 0 Å². The molecular weight excluding hydrogens is 278 g/mol. The van der Waals surface area contributed by atoms with Gasteiger partial charge >= 0.3 is 0 Å². The zero-order chi connectivity index (χ0) is 15.3. The van der Waals surface area contributed by atoms with Crippen LogP contribution >= 0.6 is 0 Å². The van der Waals surface area contributed by atoms with E-state index >= 15 is 0 Å². The minimum absolute atomic E-state index is 0.0460. The molecule has 4 nitrogen and oxygen atoms in total. The van der Waals surface area contributed by atoms with Crippen LogP contribution in [-0.4, -0.2) is 35.4 Å². The van der Waals surface area contributed by atoms with Crippen LogP contribution in [0.15, 0.2) is 0 Å². The van der Waals surface area contributed by atoms with Gasteiger partial charge in [0.1, 0.15) is 5.60 Å². The Morgan fingerprint density at radius 2 is 2.05 bits per heavy atom. The van der Waals surface area contributed by atoms with E-state index in [2.05, 4.69) is 19.2 Å². The molecule has 0 aromatic rings. The van der Waals surface area contributed by atoms with Crippen LogP contribution in [0.1, 0.15) is 52.4 Å². The Balaban J connectivity index is 1.53. The van der Waals surface area contributed by atoms with Gasteiger partial charge in [0.15, 0.2) is 0 Å². The van der Waals surface area contributed by atoms with E-state index in [1.165, 1.54) is 0 Å². The first-order chi connectivity index (χ1) is 10.4. The lowest BCUT2D eigenvalue weighted by Crippen LogP contribution is -2.58. The zero-order valence-electron chi connectivity index (χ0n) is 13.6. The van der Waals surface area contributed by atoms with Crippen molar-refractivity contribution in [3.8, 4) is 0 Å². The molecule has 22 heavy (non-hydrogen) atoms. The Morgan fingerprint density at radius 1 is 1.23 bits per heavy atom. The van der Waals surface area contributed by atoms with Gasteiger partial charge in [-0.05, 0) is 49.9 Å². The van der Waals surface area contributed by atoms with E-state index < -0.39 is 0 Å². The van der Waals surface area contributed by atoms with Crippen molar-refractivity contribution < 1.29 is 14.6 Å². The SMILES string of the molecule is C[C@]12CC[C@@H]3[C@@H](CC4OC45CC(O)CC[C@]35C)[C@@H]1CNC2=O. The van der Waals surface area contributed by atoms with Crippen LogP contribution in [0.25, 0.3) is 0 Å². The molecule has 2 heterocycles. The molecule has 0 aromatic heterocycles. The third-order valence-electron chi connectivity index (χ3n) is 8.45. The van der Waals surface area contributed by atoms with E-state index in [1.807, 2.05) is 0 Å². The standard InChI is InChI=1S/C18H27NO3/c1-16-5-4-12-11(13(16)9-19-15(16)21)7-14-18(22-14)8-10(20)3-6-17(12,18)2/h10-14,20H,3-9H2,1-2H3,(H,19,21)/t10?,11-,12-,13+,14?,16+,17-,18?/m1/s1. The van der Waals surface area contributed by atoms with Crippen LogP contribution < -0.4 is 5.32 Å². The molecule has 0 radical (unpaired) electrons. The van der Waals surface area contributed by atoms with Crippen molar-refractivity contribution in [2.45, 2.75) is 70.2 Å². The normalized spacial score (nSPS) is 62.3. The van der Waals surface area contributed by atoms with E-state index in [1.54, 1.807) is 0 Å². The number of hydrogen-bond acceptors (Lipinski definition) is 3. The summed E-state index contributed by atoms with van der Waals surface area (Å²) >= 11 is 0. The van der Waals surface area contributed by atoms with Crippen molar-refractivity contribution in [1.82, 2.24) is 5.32 Å². The highest BCUT2D eigenvalue weighted by Gasteiger charge is 2.76. The number of hydrogen-bond donors (Lipinski definition) is 2. The molecular formula is C18H27NO3. The molecule has 2 aliphatic heterocycles. The maximum atomic E-state index is 12.3. The van der Waals surface area contributed by atoms with Gasteiger partial charge in [-0.25, -0.2) is 0 Å². The molecule has 3 saturated carbocycles. The van der Waals surface area contributed by atoms with Gasteiger partial charge < -0.3 is 15.2 Å². The molecule has 8 atom stereocenters. The van der Waals surface area contributed by atoms with E-state index in [0.29, 0.717) is 23.9 Å². The molecule has 0 bridgehead atoms. The van der Waals surface area contributed by atoms with Gasteiger partial charge in [-0.1, -0.05) is 13.8 Å². The van der Waals surface area contributed by atoms with E-state index in [4.69, 9.17) is 4.74 Å². The number of rotatable bonds is 0. The average Bonchev–Trinajstić information content (AvgIpc) is 3.08. The number of epoxide rings is 1. The second-order valence-electron chi connectivity index (χ2n) is 9.09. The van der Waals surface area contributed by atoms with Crippen molar-refractivity contribution in [3.05, 3.63) is 0 Å². The number of amides is 1. The summed E-state index contributed by atoms with van der Waals surface area (Å²) in [5.41, 5.74) is 0.00297. The number of aliphatic hydroxyl groups excluding tert-OH is 1. The average molecular weight is 305 g/mol. The largest absolute Gasteiger partial charge is 0.393 e. The third-order valence-corrected chi connectivity index (χ3v) is 8.45. The monoisotopic (exact) mass is 305 g/mol. The summed E-state index contributed by atoms with van der Waals surface area (Å²) in [6, 6.07) is 0. The summed E-state index contributed by atoms with van der Waals surface area (Å²) in [6.07, 6.45) is 6.23. The first kappa shape index (κ1) is 13.8. The molecule has 5 fully saturated rings. The van der Waals surface area contributed by atoms with E-state index in [9.17, 15) is 9.90 Å². The molecule has 2 saturated heterocycles. The number of aliphatic hydroxyl groups is 1. The number of ether oxygens (including phenoxy) is 1. The predicted octanol–water partition coefficient (Wildman–Crippen LogP) is 1.86. The Labute approximate surface area is 132 Å². The van der Waals surface area contributed by atoms with Crippen LogP contribution in [0.3, 0.4) is 0 Å². The van der Waals surface area contributed by atoms with Gasteiger partial charge in [0, 0.05) is 18.4 Å². The van der Waals surface area contributed by atoms with Gasteiger partial charge in [-0.15, -0.1) is 0 Å². The molecule has 5 aliphatic rings. The van der Waals surface area contributed by atoms with Crippen molar-refractivity contribution >= 4 is 5.91 Å². The fourth-order valence-corrected chi connectivity index (χ4v) is 7.04. The van der Waals surface area contributed by atoms with Gasteiger partial charge in [-0.2, -0.15) is 0 Å². The highest BCUT2D eigenvalue weighted by Crippen LogP contribution is 2.72. The van der Waals surface area contributed by atoms with Crippen molar-refractivity contribution in [1.29, 1.82) is 0 Å². The summed E-state index contributed by atoms with van der Waals surface area (Å²) in [5, 5.41) is 13.3. The number of nitrogens with one attached hydrogen (secondary N) is 1. The summed E-state index contributed by atoms with van der Waals surface area (Å²) in [4.78, 5) is 12.3. The Morgan fingerprint density at radius 3 is 2.86 bits per heavy atom. The van der Waals surface area contributed by atoms with Gasteiger partial charge in [-0.3, -0.25) is 4.79 Å². The Kier molecular flexibility index (Phi) is 2.44. The topological polar surface area (TPSA) is 61.9 Å². The van der Waals surface area contributed by atoms with Crippen LogP contribution in [0.5, 0.6) is 0 Å². The number of fused-ring (bicyclic) bond motifs is 4. The van der Waals surface area contributed by atoms with Crippen molar-refractivity contribution in [3.63, 3.8) is 0 Å². The second kappa shape index (κ2) is 3.89. The molecule has 3 unspecified atom stereocenters. The van der Waals surface area contributed by atoms with E-state index in [-0.39, 0.29) is 28.4 Å². The first-order valence-electron chi connectivity index (χ1n) is 9.05. The zero-order valence-corrected chi connectivity index (χ0v) is 13.6. The van der Waals surface area contributed by atoms with Crippen molar-refractivity contribution in [2.75, 3.05) is 6.54 Å². The minimum atomic E-state index is -0.182. The molecule has 5 rings (SSSR count). The lowest BCUT2D eigenvalue weighted by Gasteiger charge is -2.57. The summed E-state index contributed by atoms with van der Waals surface area (Å²) < 4.78 is 6.28. The van der Waals surface area contributed by atoms with E-state index in [0.717, 1.165) is 45.1 Å². The van der Waals surface area contributed by atoms with Crippen LogP contribution in [0.4, 0.5) is 0 Å². The molecule has 1 spiro atoms. The smallest absolute Gasteiger partial charge is 0.226 e. The Hall–Kier alpha value is -0.610. The molecule has 3 aliphatic carbocycles. The predicted molar refractivity (Wildman–Crippen MR) is 81.0 cm³/mol. The molecule has 0 aromatic carbocycles. The number of carbonyl (C=O) groups is 1. The van der Waals surface area contributed by atoms with Gasteiger partial charge in [0.05, 0.1) is 17.6 Å². The second-order valence-corrected chi connectivity index (χ2v) is 9.09. The summed E-state index contributed by atoms with van der Waals surface area (Å²) in [5.74, 6) is 2.02. The quantitative estimate of drug-likeness (QED) is 0.672. The van der Waals surface area contributed by atoms with Gasteiger partial charge in [0.2, 0.25) is 5.91 Å². The fraction of sp³-hybridized carbons (Fsp3) is 0.944. The summed E-state index contributed by atoms with van der Waals surface area (Å²) in [7, 11) is 0. The lowest BCUT2D eigenvalue weighted by atomic mass is 9.45. The number of carbonyl (C=O) groups excluding carboxylic acids is 1. The van der Waals surface area contributed by atoms with Crippen molar-refractivity contribution in [2.24, 2.45) is 28.6 Å². The maximum absolute atomic E-state index is 12.3.